The molecule has 0 saturated carbocycles. The van der Waals surface area contributed by atoms with Crippen LogP contribution < -0.4 is 14.8 Å². The molecule has 3 rings (SSSR count). The Balaban J connectivity index is 1.73. The number of furan rings is 1. The number of halogens is 2. The molecule has 2 aromatic carbocycles. The fourth-order valence-electron chi connectivity index (χ4n) is 2.79. The molecule has 8 heteroatoms. The van der Waals surface area contributed by atoms with Crippen molar-refractivity contribution in [3.05, 3.63) is 63.8 Å². The third-order valence-electron chi connectivity index (χ3n) is 4.11. The van der Waals surface area contributed by atoms with Crippen LogP contribution in [0.15, 0.2) is 46.9 Å². The first kappa shape index (κ1) is 21.0. The van der Waals surface area contributed by atoms with Crippen molar-refractivity contribution < 1.29 is 23.8 Å². The molecule has 1 heterocycles. The van der Waals surface area contributed by atoms with Gasteiger partial charge in [0.1, 0.15) is 29.6 Å². The summed E-state index contributed by atoms with van der Waals surface area (Å²) in [6.45, 7) is 1.37. The fourth-order valence-corrected chi connectivity index (χ4v) is 3.44. The Kier molecular flexibility index (Phi) is 6.69. The number of aliphatic hydroxyl groups is 1. The molecule has 0 radical (unpaired) electrons. The van der Waals surface area contributed by atoms with E-state index in [9.17, 15) is 9.90 Å². The zero-order valence-electron chi connectivity index (χ0n) is 15.8. The maximum Gasteiger partial charge on any atom is 0.262 e. The number of amides is 1. The van der Waals surface area contributed by atoms with Crippen LogP contribution >= 0.6 is 23.2 Å². The maximum absolute atomic E-state index is 12.3. The molecule has 6 nitrogen and oxygen atoms in total. The molecule has 0 bridgehead atoms. The van der Waals surface area contributed by atoms with Gasteiger partial charge in [0.15, 0.2) is 6.61 Å². The smallest absolute Gasteiger partial charge is 0.262 e. The van der Waals surface area contributed by atoms with Gasteiger partial charge in [-0.25, -0.2) is 0 Å². The van der Waals surface area contributed by atoms with Gasteiger partial charge in [-0.2, -0.15) is 0 Å². The van der Waals surface area contributed by atoms with Crippen LogP contribution in [0.1, 0.15) is 11.3 Å². The number of rotatable bonds is 7. The molecule has 0 aliphatic rings. The van der Waals surface area contributed by atoms with Gasteiger partial charge in [0.25, 0.3) is 5.91 Å². The van der Waals surface area contributed by atoms with Crippen LogP contribution in [0, 0.1) is 6.92 Å². The second kappa shape index (κ2) is 9.22. The van der Waals surface area contributed by atoms with E-state index in [1.165, 1.54) is 0 Å². The van der Waals surface area contributed by atoms with Crippen molar-refractivity contribution in [1.29, 1.82) is 0 Å². The Morgan fingerprint density at radius 3 is 2.62 bits per heavy atom. The van der Waals surface area contributed by atoms with Crippen molar-refractivity contribution in [2.24, 2.45) is 0 Å². The second-order valence-corrected chi connectivity index (χ2v) is 7.05. The third-order valence-corrected chi connectivity index (χ3v) is 4.61. The standard InChI is InChI=1S/C21H19Cl2NO5/c1-12-7-13(22)8-17(23)21(12)28-11-20(26)24-14-3-5-18(27-2)16(9-14)19-6-4-15(10-25)29-19/h3-9,25H,10-11H2,1-2H3,(H,24,26). The maximum atomic E-state index is 12.3. The highest BCUT2D eigenvalue weighted by Crippen LogP contribution is 2.34. The molecule has 0 aliphatic carbocycles. The number of hydrogen-bond donors (Lipinski definition) is 2. The first-order chi connectivity index (χ1) is 13.9. The minimum Gasteiger partial charge on any atom is -0.496 e. The van der Waals surface area contributed by atoms with Crippen LogP contribution in [-0.4, -0.2) is 24.7 Å². The van der Waals surface area contributed by atoms with Crippen LogP contribution in [0.3, 0.4) is 0 Å². The van der Waals surface area contributed by atoms with E-state index in [4.69, 9.17) is 37.1 Å². The van der Waals surface area contributed by atoms with Crippen molar-refractivity contribution in [3.63, 3.8) is 0 Å². The largest absolute Gasteiger partial charge is 0.496 e. The number of carbonyl (C=O) groups is 1. The fraction of sp³-hybridized carbons (Fsp3) is 0.190. The summed E-state index contributed by atoms with van der Waals surface area (Å²) < 4.78 is 16.5. The lowest BCUT2D eigenvalue weighted by molar-refractivity contribution is -0.118. The zero-order chi connectivity index (χ0) is 21.0. The molecule has 1 amide bonds. The summed E-state index contributed by atoms with van der Waals surface area (Å²) in [6.07, 6.45) is 0. The highest BCUT2D eigenvalue weighted by molar-refractivity contribution is 6.35. The lowest BCUT2D eigenvalue weighted by atomic mass is 10.1. The van der Waals surface area contributed by atoms with Gasteiger partial charge < -0.3 is 24.3 Å². The minimum absolute atomic E-state index is 0.206. The molecule has 29 heavy (non-hydrogen) atoms. The van der Waals surface area contributed by atoms with Crippen molar-refractivity contribution in [1.82, 2.24) is 0 Å². The Hall–Kier alpha value is -2.67. The highest BCUT2D eigenvalue weighted by Gasteiger charge is 2.14. The molecule has 152 valence electrons. The quantitative estimate of drug-likeness (QED) is 0.540. The monoisotopic (exact) mass is 435 g/mol. The SMILES string of the molecule is COc1ccc(NC(=O)COc2c(C)cc(Cl)cc2Cl)cc1-c1ccc(CO)o1. The summed E-state index contributed by atoms with van der Waals surface area (Å²) in [6, 6.07) is 11.8. The third kappa shape index (κ3) is 5.03. The summed E-state index contributed by atoms with van der Waals surface area (Å²) in [5.41, 5.74) is 1.91. The van der Waals surface area contributed by atoms with Crippen molar-refractivity contribution in [2.45, 2.75) is 13.5 Å². The molecule has 2 N–H and O–H groups in total. The first-order valence-corrected chi connectivity index (χ1v) is 9.43. The molecular formula is C21H19Cl2NO5. The Morgan fingerprint density at radius 2 is 1.97 bits per heavy atom. The Bertz CT molecular complexity index is 1010. The highest BCUT2D eigenvalue weighted by atomic mass is 35.5. The summed E-state index contributed by atoms with van der Waals surface area (Å²) >= 11 is 12.1. The van der Waals surface area contributed by atoms with Gasteiger partial charge in [-0.05, 0) is 55.0 Å². The average molecular weight is 436 g/mol. The number of carbonyl (C=O) groups excluding carboxylic acids is 1. The number of anilines is 1. The van der Waals surface area contributed by atoms with E-state index >= 15 is 0 Å². The lowest BCUT2D eigenvalue weighted by Gasteiger charge is -2.13. The van der Waals surface area contributed by atoms with E-state index in [0.29, 0.717) is 44.3 Å². The van der Waals surface area contributed by atoms with Gasteiger partial charge >= 0.3 is 0 Å². The van der Waals surface area contributed by atoms with E-state index in [1.807, 2.05) is 0 Å². The Morgan fingerprint density at radius 1 is 1.17 bits per heavy atom. The molecule has 0 fully saturated rings. The number of hydrogen-bond acceptors (Lipinski definition) is 5. The molecule has 0 unspecified atom stereocenters. The van der Waals surface area contributed by atoms with Crippen molar-refractivity contribution in [2.75, 3.05) is 19.0 Å². The number of benzene rings is 2. The van der Waals surface area contributed by atoms with E-state index in [1.54, 1.807) is 56.5 Å². The predicted octanol–water partition coefficient (Wildman–Crippen LogP) is 5.08. The molecule has 0 atom stereocenters. The molecule has 0 aliphatic heterocycles. The van der Waals surface area contributed by atoms with Gasteiger partial charge in [0.05, 0.1) is 17.7 Å². The van der Waals surface area contributed by atoms with Gasteiger partial charge in [0.2, 0.25) is 0 Å². The van der Waals surface area contributed by atoms with E-state index < -0.39 is 0 Å². The predicted molar refractivity (Wildman–Crippen MR) is 112 cm³/mol. The van der Waals surface area contributed by atoms with Crippen LogP contribution in [0.2, 0.25) is 10.0 Å². The summed E-state index contributed by atoms with van der Waals surface area (Å²) in [5, 5.41) is 12.8. The zero-order valence-corrected chi connectivity index (χ0v) is 17.3. The first-order valence-electron chi connectivity index (χ1n) is 8.67. The molecule has 0 spiro atoms. The van der Waals surface area contributed by atoms with E-state index in [2.05, 4.69) is 5.32 Å². The van der Waals surface area contributed by atoms with Gasteiger partial charge in [-0.1, -0.05) is 23.2 Å². The molecule has 3 aromatic rings. The summed E-state index contributed by atoms with van der Waals surface area (Å²) in [7, 11) is 1.54. The minimum atomic E-state index is -0.359. The van der Waals surface area contributed by atoms with Crippen LogP contribution in [-0.2, 0) is 11.4 Å². The van der Waals surface area contributed by atoms with E-state index in [-0.39, 0.29) is 19.1 Å². The average Bonchev–Trinajstić information content (AvgIpc) is 3.16. The van der Waals surface area contributed by atoms with Crippen molar-refractivity contribution in [3.8, 4) is 22.8 Å². The summed E-state index contributed by atoms with van der Waals surface area (Å²) in [4.78, 5) is 12.3. The normalized spacial score (nSPS) is 10.7. The molecule has 1 aromatic heterocycles. The summed E-state index contributed by atoms with van der Waals surface area (Å²) in [5.74, 6) is 1.57. The van der Waals surface area contributed by atoms with Crippen LogP contribution in [0.25, 0.3) is 11.3 Å². The topological polar surface area (TPSA) is 80.9 Å². The number of aliphatic hydroxyl groups excluding tert-OH is 1. The number of nitrogens with one attached hydrogen (secondary N) is 1. The second-order valence-electron chi connectivity index (χ2n) is 6.21. The lowest BCUT2D eigenvalue weighted by Crippen LogP contribution is -2.20. The van der Waals surface area contributed by atoms with Crippen LogP contribution in [0.4, 0.5) is 5.69 Å². The Labute approximate surface area is 178 Å². The van der Waals surface area contributed by atoms with E-state index in [0.717, 1.165) is 5.56 Å². The van der Waals surface area contributed by atoms with Gasteiger partial charge in [-0.3, -0.25) is 4.79 Å². The van der Waals surface area contributed by atoms with Gasteiger partial charge in [0, 0.05) is 10.7 Å². The van der Waals surface area contributed by atoms with Gasteiger partial charge in [-0.15, -0.1) is 0 Å². The number of ether oxygens (including phenoxy) is 2. The van der Waals surface area contributed by atoms with Crippen molar-refractivity contribution >= 4 is 34.8 Å². The number of aryl methyl sites for hydroxylation is 1. The number of methoxy groups -OCH3 is 1. The molecular weight excluding hydrogens is 417 g/mol. The van der Waals surface area contributed by atoms with Crippen LogP contribution in [0.5, 0.6) is 11.5 Å². The molecule has 0 saturated heterocycles.